The Hall–Kier alpha value is -2.70. The van der Waals surface area contributed by atoms with E-state index in [4.69, 9.17) is 4.74 Å². The minimum absolute atomic E-state index is 0.0514. The molecule has 7 heteroatoms. The topological polar surface area (TPSA) is 50.4 Å². The molecule has 0 radical (unpaired) electrons. The fourth-order valence-electron chi connectivity index (χ4n) is 1.63. The van der Waals surface area contributed by atoms with Crippen molar-refractivity contribution in [3.63, 3.8) is 0 Å². The number of anilines is 1. The monoisotopic (exact) mass is 310 g/mol. The zero-order valence-electron chi connectivity index (χ0n) is 11.4. The summed E-state index contributed by atoms with van der Waals surface area (Å²) in [7, 11) is 0. The molecule has 0 saturated heterocycles. The van der Waals surface area contributed by atoms with Crippen LogP contribution < -0.4 is 15.4 Å². The molecule has 0 fully saturated rings. The van der Waals surface area contributed by atoms with E-state index in [1.807, 2.05) is 0 Å². The van der Waals surface area contributed by atoms with Gasteiger partial charge >= 0.3 is 6.03 Å². The molecule has 0 unspecified atom stereocenters. The third kappa shape index (κ3) is 4.41. The molecule has 0 aliphatic heterocycles. The molecule has 2 aromatic carbocycles. The second-order valence-electron chi connectivity index (χ2n) is 4.29. The molecule has 2 N–H and O–H groups in total. The number of halogens is 3. The van der Waals surface area contributed by atoms with Gasteiger partial charge in [0.2, 0.25) is 0 Å². The summed E-state index contributed by atoms with van der Waals surface area (Å²) in [4.78, 5) is 11.5. The van der Waals surface area contributed by atoms with Gasteiger partial charge in [0.1, 0.15) is 18.2 Å². The van der Waals surface area contributed by atoms with Crippen molar-refractivity contribution in [1.29, 1.82) is 0 Å². The average molecular weight is 310 g/mol. The fourth-order valence-corrected chi connectivity index (χ4v) is 1.63. The van der Waals surface area contributed by atoms with Gasteiger partial charge in [0.15, 0.2) is 11.6 Å². The molecule has 2 amide bonds. The molecular weight excluding hydrogens is 297 g/mol. The predicted octanol–water partition coefficient (Wildman–Crippen LogP) is 3.30. The molecule has 0 saturated carbocycles. The zero-order chi connectivity index (χ0) is 15.9. The van der Waals surface area contributed by atoms with Gasteiger partial charge in [0, 0.05) is 6.07 Å². The predicted molar refractivity (Wildman–Crippen MR) is 75.3 cm³/mol. The molecule has 0 atom stereocenters. The summed E-state index contributed by atoms with van der Waals surface area (Å²) in [6.07, 6.45) is 0. The highest BCUT2D eigenvalue weighted by Crippen LogP contribution is 2.15. The van der Waals surface area contributed by atoms with Crippen LogP contribution in [0.3, 0.4) is 0 Å². The number of para-hydroxylation sites is 1. The van der Waals surface area contributed by atoms with Crippen molar-refractivity contribution in [2.75, 3.05) is 18.5 Å². The maximum absolute atomic E-state index is 13.3. The van der Waals surface area contributed by atoms with Crippen molar-refractivity contribution >= 4 is 11.7 Å². The SMILES string of the molecule is O=C(NCCOc1ccc(F)c(F)c1)Nc1ccccc1F. The lowest BCUT2D eigenvalue weighted by Crippen LogP contribution is -2.32. The third-order valence-corrected chi connectivity index (χ3v) is 2.67. The van der Waals surface area contributed by atoms with Gasteiger partial charge in [-0.3, -0.25) is 0 Å². The standard InChI is InChI=1S/C15H13F3N2O2/c16-11-6-5-10(9-13(11)18)22-8-7-19-15(21)20-14-4-2-1-3-12(14)17/h1-6,9H,7-8H2,(H2,19,20,21). The van der Waals surface area contributed by atoms with E-state index in [1.54, 1.807) is 6.07 Å². The number of nitrogens with one attached hydrogen (secondary N) is 2. The Labute approximate surface area is 124 Å². The lowest BCUT2D eigenvalue weighted by atomic mass is 10.3. The van der Waals surface area contributed by atoms with E-state index in [1.165, 1.54) is 24.3 Å². The highest BCUT2D eigenvalue weighted by molar-refractivity contribution is 5.89. The number of carbonyl (C=O) groups is 1. The molecular formula is C15H13F3N2O2. The number of hydrogen-bond donors (Lipinski definition) is 2. The number of amides is 2. The van der Waals surface area contributed by atoms with Crippen LogP contribution in [-0.4, -0.2) is 19.2 Å². The number of ether oxygens (including phenoxy) is 1. The van der Waals surface area contributed by atoms with Crippen molar-refractivity contribution < 1.29 is 22.7 Å². The molecule has 0 aliphatic carbocycles. The van der Waals surface area contributed by atoms with Crippen LogP contribution in [-0.2, 0) is 0 Å². The molecule has 0 heterocycles. The summed E-state index contributed by atoms with van der Waals surface area (Å²) < 4.78 is 44.1. The van der Waals surface area contributed by atoms with Crippen LogP contribution in [0.2, 0.25) is 0 Å². The van der Waals surface area contributed by atoms with Gasteiger partial charge in [-0.2, -0.15) is 0 Å². The highest BCUT2D eigenvalue weighted by atomic mass is 19.2. The summed E-state index contributed by atoms with van der Waals surface area (Å²) >= 11 is 0. The lowest BCUT2D eigenvalue weighted by molar-refractivity contribution is 0.247. The van der Waals surface area contributed by atoms with Crippen LogP contribution in [0.5, 0.6) is 5.75 Å². The lowest BCUT2D eigenvalue weighted by Gasteiger charge is -2.09. The van der Waals surface area contributed by atoms with E-state index < -0.39 is 23.5 Å². The van der Waals surface area contributed by atoms with Crippen LogP contribution in [0.25, 0.3) is 0 Å². The van der Waals surface area contributed by atoms with E-state index in [9.17, 15) is 18.0 Å². The Morgan fingerprint density at radius 2 is 1.77 bits per heavy atom. The number of benzene rings is 2. The van der Waals surface area contributed by atoms with Crippen LogP contribution in [0.1, 0.15) is 0 Å². The van der Waals surface area contributed by atoms with E-state index in [-0.39, 0.29) is 24.6 Å². The smallest absolute Gasteiger partial charge is 0.319 e. The van der Waals surface area contributed by atoms with Gasteiger partial charge in [0.05, 0.1) is 12.2 Å². The fraction of sp³-hybridized carbons (Fsp3) is 0.133. The first-order valence-corrected chi connectivity index (χ1v) is 6.43. The summed E-state index contributed by atoms with van der Waals surface area (Å²) in [5.41, 5.74) is 0.0570. The molecule has 22 heavy (non-hydrogen) atoms. The number of carbonyl (C=O) groups excluding carboxylic acids is 1. The molecule has 2 rings (SSSR count). The van der Waals surface area contributed by atoms with Gasteiger partial charge < -0.3 is 15.4 Å². The quantitative estimate of drug-likeness (QED) is 0.833. The van der Waals surface area contributed by atoms with Crippen molar-refractivity contribution in [2.24, 2.45) is 0 Å². The molecule has 4 nitrogen and oxygen atoms in total. The van der Waals surface area contributed by atoms with Crippen molar-refractivity contribution in [3.05, 3.63) is 59.9 Å². The summed E-state index contributed by atoms with van der Waals surface area (Å²) in [6.45, 7) is 0.162. The zero-order valence-corrected chi connectivity index (χ0v) is 11.4. The van der Waals surface area contributed by atoms with E-state index in [0.29, 0.717) is 0 Å². The van der Waals surface area contributed by atoms with Crippen molar-refractivity contribution in [2.45, 2.75) is 0 Å². The Bertz CT molecular complexity index is 665. The van der Waals surface area contributed by atoms with Gasteiger partial charge in [0.25, 0.3) is 0 Å². The number of hydrogen-bond acceptors (Lipinski definition) is 2. The average Bonchev–Trinajstić information content (AvgIpc) is 2.49. The summed E-state index contributed by atoms with van der Waals surface area (Å²) in [5, 5.41) is 4.78. The van der Waals surface area contributed by atoms with Crippen LogP contribution >= 0.6 is 0 Å². The van der Waals surface area contributed by atoms with Gasteiger partial charge in [-0.05, 0) is 24.3 Å². The maximum Gasteiger partial charge on any atom is 0.319 e. The van der Waals surface area contributed by atoms with Crippen LogP contribution in [0.4, 0.5) is 23.7 Å². The first-order chi connectivity index (χ1) is 10.6. The molecule has 0 aliphatic rings. The largest absolute Gasteiger partial charge is 0.492 e. The second-order valence-corrected chi connectivity index (χ2v) is 4.29. The van der Waals surface area contributed by atoms with E-state index in [0.717, 1.165) is 12.1 Å². The molecule has 0 bridgehead atoms. The van der Waals surface area contributed by atoms with Crippen molar-refractivity contribution in [3.8, 4) is 5.75 Å². The Morgan fingerprint density at radius 1 is 1.00 bits per heavy atom. The Morgan fingerprint density at radius 3 is 2.50 bits per heavy atom. The summed E-state index contributed by atoms with van der Waals surface area (Å²) in [5.74, 6) is -2.37. The first kappa shape index (κ1) is 15.7. The van der Waals surface area contributed by atoms with Crippen LogP contribution in [0, 0.1) is 17.5 Å². The van der Waals surface area contributed by atoms with Gasteiger partial charge in [-0.1, -0.05) is 12.1 Å². The van der Waals surface area contributed by atoms with E-state index in [2.05, 4.69) is 10.6 Å². The minimum atomic E-state index is -1.01. The van der Waals surface area contributed by atoms with Crippen molar-refractivity contribution in [1.82, 2.24) is 5.32 Å². The minimum Gasteiger partial charge on any atom is -0.492 e. The summed E-state index contributed by atoms with van der Waals surface area (Å²) in [6, 6.07) is 8.28. The molecule has 0 aromatic heterocycles. The Kier molecular flexibility index (Phi) is 5.24. The third-order valence-electron chi connectivity index (χ3n) is 2.67. The Balaban J connectivity index is 1.73. The highest BCUT2D eigenvalue weighted by Gasteiger charge is 2.06. The normalized spacial score (nSPS) is 10.1. The van der Waals surface area contributed by atoms with Gasteiger partial charge in [-0.25, -0.2) is 18.0 Å². The number of rotatable bonds is 5. The maximum atomic E-state index is 13.3. The molecule has 116 valence electrons. The molecule has 2 aromatic rings. The van der Waals surface area contributed by atoms with Crippen LogP contribution in [0.15, 0.2) is 42.5 Å². The number of urea groups is 1. The molecule has 0 spiro atoms. The van der Waals surface area contributed by atoms with Gasteiger partial charge in [-0.15, -0.1) is 0 Å². The first-order valence-electron chi connectivity index (χ1n) is 6.43. The second kappa shape index (κ2) is 7.35. The van der Waals surface area contributed by atoms with E-state index >= 15 is 0 Å².